The molecule has 4 heteroatoms. The SMILES string of the molecule is CC(C)(C)N=C(N)N1CCN2CCCC2C1. The molecule has 0 spiro atoms. The van der Waals surface area contributed by atoms with Gasteiger partial charge in [0.15, 0.2) is 5.96 Å². The highest BCUT2D eigenvalue weighted by Crippen LogP contribution is 2.21. The van der Waals surface area contributed by atoms with Crippen molar-refractivity contribution in [1.29, 1.82) is 0 Å². The van der Waals surface area contributed by atoms with E-state index in [0.29, 0.717) is 6.04 Å². The third kappa shape index (κ3) is 2.67. The van der Waals surface area contributed by atoms with Gasteiger partial charge in [-0.1, -0.05) is 0 Å². The van der Waals surface area contributed by atoms with Crippen LogP contribution in [0.15, 0.2) is 4.99 Å². The van der Waals surface area contributed by atoms with Gasteiger partial charge < -0.3 is 10.6 Å². The van der Waals surface area contributed by atoms with Gasteiger partial charge in [-0.05, 0) is 40.2 Å². The van der Waals surface area contributed by atoms with Gasteiger partial charge in [0, 0.05) is 25.7 Å². The molecular formula is C12H24N4. The molecule has 2 N–H and O–H groups in total. The first-order chi connectivity index (χ1) is 7.46. The smallest absolute Gasteiger partial charge is 0.191 e. The highest BCUT2D eigenvalue weighted by Gasteiger charge is 2.31. The monoisotopic (exact) mass is 224 g/mol. The average molecular weight is 224 g/mol. The summed E-state index contributed by atoms with van der Waals surface area (Å²) in [6.45, 7) is 10.8. The van der Waals surface area contributed by atoms with E-state index in [4.69, 9.17) is 5.73 Å². The van der Waals surface area contributed by atoms with Crippen LogP contribution >= 0.6 is 0 Å². The molecule has 2 rings (SSSR count). The molecule has 0 aromatic rings. The van der Waals surface area contributed by atoms with Crippen LogP contribution in [0.2, 0.25) is 0 Å². The summed E-state index contributed by atoms with van der Waals surface area (Å²) in [7, 11) is 0. The van der Waals surface area contributed by atoms with Gasteiger partial charge in [-0.2, -0.15) is 0 Å². The summed E-state index contributed by atoms with van der Waals surface area (Å²) in [5.74, 6) is 0.721. The molecular weight excluding hydrogens is 200 g/mol. The minimum atomic E-state index is -0.0725. The molecule has 2 aliphatic heterocycles. The number of nitrogens with zero attached hydrogens (tertiary/aromatic N) is 3. The van der Waals surface area contributed by atoms with E-state index in [-0.39, 0.29) is 5.54 Å². The fourth-order valence-electron chi connectivity index (χ4n) is 2.61. The van der Waals surface area contributed by atoms with Crippen molar-refractivity contribution < 1.29 is 0 Å². The second kappa shape index (κ2) is 4.24. The molecule has 0 saturated carbocycles. The third-order valence-corrected chi connectivity index (χ3v) is 3.36. The van der Waals surface area contributed by atoms with E-state index in [2.05, 4.69) is 35.6 Å². The molecule has 0 amide bonds. The summed E-state index contributed by atoms with van der Waals surface area (Å²) in [4.78, 5) is 9.38. The number of hydrogen-bond donors (Lipinski definition) is 1. The summed E-state index contributed by atoms with van der Waals surface area (Å²) in [6.07, 6.45) is 2.66. The highest BCUT2D eigenvalue weighted by atomic mass is 15.3. The Hall–Kier alpha value is -0.770. The molecule has 16 heavy (non-hydrogen) atoms. The van der Waals surface area contributed by atoms with Gasteiger partial charge in [-0.3, -0.25) is 4.90 Å². The van der Waals surface area contributed by atoms with Crippen LogP contribution in [0.1, 0.15) is 33.6 Å². The molecule has 4 nitrogen and oxygen atoms in total. The molecule has 2 heterocycles. The molecule has 0 aromatic carbocycles. The molecule has 0 radical (unpaired) electrons. The van der Waals surface area contributed by atoms with Gasteiger partial charge in [0.1, 0.15) is 0 Å². The van der Waals surface area contributed by atoms with Gasteiger partial charge in [-0.15, -0.1) is 0 Å². The number of nitrogens with two attached hydrogens (primary N) is 1. The minimum absolute atomic E-state index is 0.0725. The van der Waals surface area contributed by atoms with Crippen LogP contribution in [-0.4, -0.2) is 53.5 Å². The maximum atomic E-state index is 6.07. The van der Waals surface area contributed by atoms with E-state index in [0.717, 1.165) is 25.6 Å². The van der Waals surface area contributed by atoms with Crippen LogP contribution < -0.4 is 5.73 Å². The first-order valence-corrected chi connectivity index (χ1v) is 6.30. The minimum Gasteiger partial charge on any atom is -0.370 e. The van der Waals surface area contributed by atoms with E-state index in [1.807, 2.05) is 0 Å². The van der Waals surface area contributed by atoms with Crippen molar-refractivity contribution in [3.05, 3.63) is 0 Å². The lowest BCUT2D eigenvalue weighted by molar-refractivity contribution is 0.150. The lowest BCUT2D eigenvalue weighted by Gasteiger charge is -2.38. The van der Waals surface area contributed by atoms with Gasteiger partial charge in [0.05, 0.1) is 5.54 Å². The van der Waals surface area contributed by atoms with E-state index in [1.54, 1.807) is 0 Å². The number of piperazine rings is 1. The first kappa shape index (κ1) is 11.7. The summed E-state index contributed by atoms with van der Waals surface area (Å²) in [6, 6.07) is 0.711. The van der Waals surface area contributed by atoms with E-state index in [1.165, 1.54) is 19.4 Å². The Kier molecular flexibility index (Phi) is 3.10. The Bertz CT molecular complexity index is 279. The summed E-state index contributed by atoms with van der Waals surface area (Å²) in [5.41, 5.74) is 6.00. The largest absolute Gasteiger partial charge is 0.370 e. The quantitative estimate of drug-likeness (QED) is 0.491. The Morgan fingerprint density at radius 2 is 2.00 bits per heavy atom. The highest BCUT2D eigenvalue weighted by molar-refractivity contribution is 5.78. The van der Waals surface area contributed by atoms with Gasteiger partial charge in [0.2, 0.25) is 0 Å². The Morgan fingerprint density at radius 3 is 2.69 bits per heavy atom. The number of fused-ring (bicyclic) bond motifs is 1. The predicted molar refractivity (Wildman–Crippen MR) is 67.5 cm³/mol. The predicted octanol–water partition coefficient (Wildman–Crippen LogP) is 0.880. The topological polar surface area (TPSA) is 44.9 Å². The molecule has 1 unspecified atom stereocenters. The van der Waals surface area contributed by atoms with Crippen molar-refractivity contribution in [2.24, 2.45) is 10.7 Å². The molecule has 92 valence electrons. The molecule has 2 aliphatic rings. The molecule has 2 saturated heterocycles. The molecule has 0 aliphatic carbocycles. The number of hydrogen-bond acceptors (Lipinski definition) is 2. The first-order valence-electron chi connectivity index (χ1n) is 6.30. The third-order valence-electron chi connectivity index (χ3n) is 3.36. The summed E-state index contributed by atoms with van der Waals surface area (Å²) < 4.78 is 0. The molecule has 2 fully saturated rings. The van der Waals surface area contributed by atoms with E-state index < -0.39 is 0 Å². The van der Waals surface area contributed by atoms with Gasteiger partial charge >= 0.3 is 0 Å². The zero-order valence-electron chi connectivity index (χ0n) is 10.7. The zero-order valence-corrected chi connectivity index (χ0v) is 10.7. The van der Waals surface area contributed by atoms with Crippen LogP contribution in [0.3, 0.4) is 0 Å². The number of rotatable bonds is 0. The lowest BCUT2D eigenvalue weighted by Crippen LogP contribution is -2.54. The number of aliphatic imine (C=N–C) groups is 1. The van der Waals surface area contributed by atoms with Crippen LogP contribution in [0.5, 0.6) is 0 Å². The van der Waals surface area contributed by atoms with Gasteiger partial charge in [-0.25, -0.2) is 4.99 Å². The lowest BCUT2D eigenvalue weighted by atomic mass is 10.1. The van der Waals surface area contributed by atoms with Crippen molar-refractivity contribution in [3.8, 4) is 0 Å². The normalized spacial score (nSPS) is 28.3. The van der Waals surface area contributed by atoms with Crippen LogP contribution in [0, 0.1) is 0 Å². The summed E-state index contributed by atoms with van der Waals surface area (Å²) >= 11 is 0. The zero-order chi connectivity index (χ0) is 11.8. The van der Waals surface area contributed by atoms with Crippen molar-refractivity contribution in [1.82, 2.24) is 9.80 Å². The average Bonchev–Trinajstić information content (AvgIpc) is 2.61. The standard InChI is InChI=1S/C12H24N4/c1-12(2,3)14-11(13)16-8-7-15-6-4-5-10(15)9-16/h10H,4-9H2,1-3H3,(H2,13,14). The molecule has 0 aromatic heterocycles. The Morgan fingerprint density at radius 1 is 1.25 bits per heavy atom. The second-order valence-corrected chi connectivity index (χ2v) is 5.92. The molecule has 1 atom stereocenters. The maximum Gasteiger partial charge on any atom is 0.191 e. The Labute approximate surface area is 98.5 Å². The fraction of sp³-hybridized carbons (Fsp3) is 0.917. The van der Waals surface area contributed by atoms with Crippen molar-refractivity contribution in [2.45, 2.75) is 45.2 Å². The maximum absolute atomic E-state index is 6.07. The number of guanidine groups is 1. The van der Waals surface area contributed by atoms with Gasteiger partial charge in [0.25, 0.3) is 0 Å². The second-order valence-electron chi connectivity index (χ2n) is 5.92. The van der Waals surface area contributed by atoms with E-state index in [9.17, 15) is 0 Å². The van der Waals surface area contributed by atoms with Crippen LogP contribution in [0.25, 0.3) is 0 Å². The van der Waals surface area contributed by atoms with Crippen molar-refractivity contribution >= 4 is 5.96 Å². The van der Waals surface area contributed by atoms with Crippen molar-refractivity contribution in [2.75, 3.05) is 26.2 Å². The Balaban J connectivity index is 1.98. The molecule has 0 bridgehead atoms. The van der Waals surface area contributed by atoms with E-state index >= 15 is 0 Å². The summed E-state index contributed by atoms with van der Waals surface area (Å²) in [5, 5.41) is 0. The fourth-order valence-corrected chi connectivity index (χ4v) is 2.61. The van der Waals surface area contributed by atoms with Crippen LogP contribution in [0.4, 0.5) is 0 Å². The van der Waals surface area contributed by atoms with Crippen LogP contribution in [-0.2, 0) is 0 Å². The van der Waals surface area contributed by atoms with Crippen molar-refractivity contribution in [3.63, 3.8) is 0 Å².